The molecule has 0 N–H and O–H groups in total. The van der Waals surface area contributed by atoms with Crippen LogP contribution in [0.25, 0.3) is 0 Å². The van der Waals surface area contributed by atoms with Crippen molar-refractivity contribution in [3.63, 3.8) is 0 Å². The third kappa shape index (κ3) is 10.3. The molecule has 0 saturated carbocycles. The Morgan fingerprint density at radius 3 is 1.66 bits per heavy atom. The maximum atomic E-state index is 12.3. The SMILES string of the molecule is O=Cc1cccnc1Cl.O=Cc1cccnc1S(=O)(=O)c1ccc(Cl)cc1.O=S([O-])c1ccc(Cl)cc1.[Na+]. The van der Waals surface area contributed by atoms with Gasteiger partial charge in [0.05, 0.1) is 16.0 Å². The summed E-state index contributed by atoms with van der Waals surface area (Å²) in [6, 6.07) is 17.8. The van der Waals surface area contributed by atoms with Gasteiger partial charge >= 0.3 is 29.6 Å². The number of rotatable bonds is 5. The summed E-state index contributed by atoms with van der Waals surface area (Å²) in [5.41, 5.74) is 0.464. The second kappa shape index (κ2) is 16.9. The Morgan fingerprint density at radius 2 is 1.21 bits per heavy atom. The smallest absolute Gasteiger partial charge is 0.768 e. The molecule has 0 spiro atoms. The Bertz CT molecular complexity index is 1490. The normalized spacial score (nSPS) is 10.8. The van der Waals surface area contributed by atoms with E-state index < -0.39 is 20.9 Å². The Morgan fingerprint density at radius 1 is 0.737 bits per heavy atom. The molecule has 2 heterocycles. The largest absolute Gasteiger partial charge is 1.00 e. The first-order valence-electron chi connectivity index (χ1n) is 9.91. The van der Waals surface area contributed by atoms with E-state index in [1.54, 1.807) is 12.1 Å². The number of nitrogens with zero attached hydrogens (tertiary/aromatic N) is 2. The number of aldehydes is 2. The number of carbonyl (C=O) groups excluding carboxylic acids is 2. The number of sulfone groups is 1. The average Bonchev–Trinajstić information content (AvgIpc) is 2.90. The second-order valence-electron chi connectivity index (χ2n) is 6.66. The molecule has 0 bridgehead atoms. The van der Waals surface area contributed by atoms with Gasteiger partial charge in [-0.3, -0.25) is 13.8 Å². The summed E-state index contributed by atoms with van der Waals surface area (Å²) in [5.74, 6) is 0. The zero-order valence-corrected chi connectivity index (χ0v) is 25.4. The molecule has 0 amide bonds. The molecule has 192 valence electrons. The van der Waals surface area contributed by atoms with Crippen molar-refractivity contribution in [1.82, 2.24) is 9.97 Å². The molecule has 4 aromatic rings. The fourth-order valence-corrected chi connectivity index (χ4v) is 4.59. The number of halogens is 3. The van der Waals surface area contributed by atoms with Crippen molar-refractivity contribution in [2.45, 2.75) is 14.8 Å². The van der Waals surface area contributed by atoms with Crippen LogP contribution in [0, 0.1) is 0 Å². The molecular weight excluding hydrogens is 606 g/mol. The van der Waals surface area contributed by atoms with Crippen molar-refractivity contribution in [3.05, 3.63) is 112 Å². The minimum Gasteiger partial charge on any atom is -0.768 e. The van der Waals surface area contributed by atoms with Crippen LogP contribution in [-0.2, 0) is 20.9 Å². The first-order chi connectivity index (χ1) is 17.6. The summed E-state index contributed by atoms with van der Waals surface area (Å²) in [7, 11) is -3.80. The van der Waals surface area contributed by atoms with Gasteiger partial charge in [-0.25, -0.2) is 18.4 Å². The van der Waals surface area contributed by atoms with E-state index in [0.29, 0.717) is 28.2 Å². The van der Waals surface area contributed by atoms with Gasteiger partial charge in [-0.15, -0.1) is 0 Å². The van der Waals surface area contributed by atoms with Crippen molar-refractivity contribution in [2.75, 3.05) is 0 Å². The van der Waals surface area contributed by atoms with Crippen LogP contribution >= 0.6 is 34.8 Å². The zero-order valence-electron chi connectivity index (χ0n) is 19.5. The van der Waals surface area contributed by atoms with Crippen LogP contribution in [-0.4, -0.2) is 39.7 Å². The number of hydrogen-bond acceptors (Lipinski definition) is 8. The van der Waals surface area contributed by atoms with Gasteiger partial charge in [0.1, 0.15) is 5.15 Å². The predicted molar refractivity (Wildman–Crippen MR) is 140 cm³/mol. The van der Waals surface area contributed by atoms with E-state index in [0.717, 1.165) is 0 Å². The van der Waals surface area contributed by atoms with E-state index in [1.807, 2.05) is 0 Å². The van der Waals surface area contributed by atoms with Crippen molar-refractivity contribution < 1.29 is 56.3 Å². The second-order valence-corrected chi connectivity index (χ2v) is 10.7. The molecule has 1 unspecified atom stereocenters. The first kappa shape index (κ1) is 34.0. The van der Waals surface area contributed by atoms with E-state index in [4.69, 9.17) is 34.8 Å². The third-order valence-corrected chi connectivity index (χ3v) is 7.45. The zero-order chi connectivity index (χ0) is 27.4. The topological polar surface area (TPSA) is 134 Å². The van der Waals surface area contributed by atoms with E-state index in [9.17, 15) is 26.8 Å². The predicted octanol–water partition coefficient (Wildman–Crippen LogP) is 2.51. The summed E-state index contributed by atoms with van der Waals surface area (Å²) < 4.78 is 45.1. The summed E-state index contributed by atoms with van der Waals surface area (Å²) in [6.07, 6.45) is 4.01. The number of aromatic nitrogens is 2. The molecular formula is C24H16Cl3N2NaO6S2. The molecule has 8 nitrogen and oxygen atoms in total. The summed E-state index contributed by atoms with van der Waals surface area (Å²) in [6.45, 7) is 0. The molecule has 0 aliphatic carbocycles. The van der Waals surface area contributed by atoms with Gasteiger partial charge in [0.2, 0.25) is 9.84 Å². The molecule has 0 radical (unpaired) electrons. The Kier molecular flexibility index (Phi) is 15.1. The minimum absolute atomic E-state index is 0. The van der Waals surface area contributed by atoms with Gasteiger partial charge in [-0.2, -0.15) is 0 Å². The van der Waals surface area contributed by atoms with Crippen molar-refractivity contribution in [1.29, 1.82) is 0 Å². The fourth-order valence-electron chi connectivity index (χ4n) is 2.47. The first-order valence-corrected chi connectivity index (χ1v) is 13.6. The van der Waals surface area contributed by atoms with Crippen molar-refractivity contribution >= 4 is 68.3 Å². The third-order valence-electron chi connectivity index (χ3n) is 4.23. The van der Waals surface area contributed by atoms with Gasteiger partial charge in [-0.05, 0) is 83.9 Å². The van der Waals surface area contributed by atoms with Crippen LogP contribution in [0.1, 0.15) is 20.7 Å². The maximum absolute atomic E-state index is 12.3. The van der Waals surface area contributed by atoms with Crippen molar-refractivity contribution in [3.8, 4) is 0 Å². The number of pyridine rings is 2. The van der Waals surface area contributed by atoms with Gasteiger partial charge < -0.3 is 4.55 Å². The molecule has 14 heteroatoms. The number of carbonyl (C=O) groups is 2. The molecule has 2 aromatic heterocycles. The quantitative estimate of drug-likeness (QED) is 0.144. The van der Waals surface area contributed by atoms with E-state index >= 15 is 0 Å². The van der Waals surface area contributed by atoms with E-state index in [-0.39, 0.29) is 55.1 Å². The fraction of sp³-hybridized carbons (Fsp3) is 0. The van der Waals surface area contributed by atoms with Crippen LogP contribution in [0.5, 0.6) is 0 Å². The van der Waals surface area contributed by atoms with Crippen LogP contribution in [0.2, 0.25) is 15.2 Å². The molecule has 0 saturated heterocycles. The Hall–Kier alpha value is -1.99. The average molecular weight is 622 g/mol. The summed E-state index contributed by atoms with van der Waals surface area (Å²) in [5, 5.41) is 0.981. The Balaban J connectivity index is 0.000000307. The molecule has 1 atom stereocenters. The molecule has 0 aliphatic rings. The van der Waals surface area contributed by atoms with Crippen LogP contribution in [0.15, 0.2) is 100 Å². The molecule has 2 aromatic carbocycles. The maximum Gasteiger partial charge on any atom is 1.00 e. The number of benzene rings is 2. The number of hydrogen-bond donors (Lipinski definition) is 0. The standard InChI is InChI=1S/C12H8ClNO3S.C6H4ClNO.C6H5ClO2S.Na/c13-10-3-5-11(6-4-10)18(16,17)12-9(8-15)2-1-7-14-12;7-6-5(4-9)2-1-3-8-6;7-5-1-3-6(4-2-5)10(8)9;/h1-8H;1-4H;1-4H,(H,8,9);/q;;;+1/p-1. The molecule has 0 fully saturated rings. The summed E-state index contributed by atoms with van der Waals surface area (Å²) >= 11 is 14.6. The van der Waals surface area contributed by atoms with Gasteiger partial charge in [0, 0.05) is 27.3 Å². The van der Waals surface area contributed by atoms with Crippen LogP contribution < -0.4 is 29.6 Å². The van der Waals surface area contributed by atoms with E-state index in [2.05, 4.69) is 9.97 Å². The van der Waals surface area contributed by atoms with Crippen LogP contribution in [0.3, 0.4) is 0 Å². The van der Waals surface area contributed by atoms with Crippen molar-refractivity contribution in [2.24, 2.45) is 0 Å². The molecule has 0 aliphatic heterocycles. The van der Waals surface area contributed by atoms with Gasteiger partial charge in [-0.1, -0.05) is 34.8 Å². The van der Waals surface area contributed by atoms with Gasteiger partial charge in [0.15, 0.2) is 17.6 Å². The summed E-state index contributed by atoms with van der Waals surface area (Å²) in [4.78, 5) is 28.7. The van der Waals surface area contributed by atoms with Crippen LogP contribution in [0.4, 0.5) is 0 Å². The molecule has 38 heavy (non-hydrogen) atoms. The Labute approximate surface area is 258 Å². The monoisotopic (exact) mass is 620 g/mol. The van der Waals surface area contributed by atoms with E-state index in [1.165, 1.54) is 73.1 Å². The van der Waals surface area contributed by atoms with Gasteiger partial charge in [0.25, 0.3) is 0 Å². The minimum atomic E-state index is -3.80. The molecule has 4 rings (SSSR count).